The maximum atomic E-state index is 5.15. The Morgan fingerprint density at radius 3 is 1.67 bits per heavy atom. The largest absolute Gasteiger partial charge is 0.276 e. The van der Waals surface area contributed by atoms with Crippen LogP contribution >= 0.6 is 11.3 Å². The van der Waals surface area contributed by atoms with Gasteiger partial charge >= 0.3 is 0 Å². The van der Waals surface area contributed by atoms with Crippen LogP contribution in [0.2, 0.25) is 0 Å². The molecule has 0 fully saturated rings. The van der Waals surface area contributed by atoms with Crippen LogP contribution in [0, 0.1) is 0 Å². The van der Waals surface area contributed by atoms with E-state index in [9.17, 15) is 0 Å². The van der Waals surface area contributed by atoms with Crippen molar-refractivity contribution in [1.29, 1.82) is 0 Å². The van der Waals surface area contributed by atoms with Crippen LogP contribution in [0.3, 0.4) is 0 Å². The number of aromatic nitrogens is 6. The van der Waals surface area contributed by atoms with Crippen molar-refractivity contribution >= 4 is 64.2 Å². The molecule has 0 saturated heterocycles. The van der Waals surface area contributed by atoms with E-state index in [0.29, 0.717) is 17.6 Å². The Morgan fingerprint density at radius 1 is 0.417 bits per heavy atom. The lowest BCUT2D eigenvalue weighted by molar-refractivity contribution is 0.955. The van der Waals surface area contributed by atoms with E-state index in [4.69, 9.17) is 24.9 Å². The Balaban J connectivity index is 1.28. The molecule has 0 spiro atoms. The van der Waals surface area contributed by atoms with E-state index in [1.807, 2.05) is 97.2 Å². The van der Waals surface area contributed by atoms with Crippen LogP contribution in [-0.4, -0.2) is 29.5 Å². The summed E-state index contributed by atoms with van der Waals surface area (Å²) in [5.74, 6) is 2.57. The Morgan fingerprint density at radius 2 is 0.979 bits per heavy atom. The van der Waals surface area contributed by atoms with Crippen LogP contribution in [0.25, 0.3) is 93.0 Å². The first-order valence-electron chi connectivity index (χ1n) is 15.8. The van der Waals surface area contributed by atoms with Crippen molar-refractivity contribution in [2.24, 2.45) is 0 Å². The molecule has 7 heteroatoms. The minimum Gasteiger partial charge on any atom is -0.276 e. The van der Waals surface area contributed by atoms with E-state index in [1.165, 1.54) is 15.5 Å². The van der Waals surface area contributed by atoms with Crippen LogP contribution in [0.5, 0.6) is 0 Å². The molecule has 10 rings (SSSR count). The van der Waals surface area contributed by atoms with Crippen LogP contribution in [-0.2, 0) is 0 Å². The number of hydrogen-bond donors (Lipinski definition) is 0. The highest BCUT2D eigenvalue weighted by Gasteiger charge is 2.21. The molecular formula is C41H24N6S. The zero-order chi connectivity index (χ0) is 31.6. The molecular weight excluding hydrogens is 609 g/mol. The van der Waals surface area contributed by atoms with Crippen molar-refractivity contribution in [2.45, 2.75) is 0 Å². The molecule has 0 aliphatic carbocycles. The summed E-state index contributed by atoms with van der Waals surface area (Å²) in [7, 11) is 0. The maximum Gasteiger partial charge on any atom is 0.238 e. The van der Waals surface area contributed by atoms with Crippen molar-refractivity contribution < 1.29 is 0 Å². The molecule has 0 radical (unpaired) electrons. The van der Waals surface area contributed by atoms with Gasteiger partial charge < -0.3 is 0 Å². The van der Waals surface area contributed by atoms with Crippen LogP contribution in [0.4, 0.5) is 0 Å². The van der Waals surface area contributed by atoms with Gasteiger partial charge in [0.1, 0.15) is 0 Å². The van der Waals surface area contributed by atoms with Gasteiger partial charge in [0.2, 0.25) is 5.95 Å². The van der Waals surface area contributed by atoms with E-state index >= 15 is 0 Å². The molecule has 0 amide bonds. The number of benzene rings is 6. The molecule has 0 bridgehead atoms. The standard InChI is InChI=1S/C41H24N6S/c1-4-12-25(13-5-1)38-42-24-32-33(43-38)23-22-30-31-21-20-29-28-18-10-11-19-34(28)47(35(29)37(31)48-36(30)32)41-45-39(26-14-6-2-7-15-26)44-40(46-41)27-16-8-3-9-17-27/h1-24H. The number of para-hydroxylation sites is 1. The van der Waals surface area contributed by atoms with E-state index in [2.05, 4.69) is 53.1 Å². The van der Waals surface area contributed by atoms with Crippen molar-refractivity contribution in [3.8, 4) is 40.1 Å². The second-order valence-corrected chi connectivity index (χ2v) is 12.8. The van der Waals surface area contributed by atoms with Gasteiger partial charge in [-0.3, -0.25) is 4.57 Å². The molecule has 10 aromatic rings. The van der Waals surface area contributed by atoms with Crippen molar-refractivity contribution in [3.63, 3.8) is 0 Å². The molecule has 0 atom stereocenters. The third-order valence-corrected chi connectivity index (χ3v) is 10.2. The summed E-state index contributed by atoms with van der Waals surface area (Å²) in [6, 6.07) is 47.6. The van der Waals surface area contributed by atoms with Gasteiger partial charge in [-0.15, -0.1) is 11.3 Å². The summed E-state index contributed by atoms with van der Waals surface area (Å²) < 4.78 is 4.55. The van der Waals surface area contributed by atoms with Gasteiger partial charge in [-0.1, -0.05) is 127 Å². The van der Waals surface area contributed by atoms with Crippen LogP contribution in [0.15, 0.2) is 146 Å². The predicted molar refractivity (Wildman–Crippen MR) is 196 cm³/mol. The first-order valence-corrected chi connectivity index (χ1v) is 16.6. The highest BCUT2D eigenvalue weighted by molar-refractivity contribution is 7.27. The smallest absolute Gasteiger partial charge is 0.238 e. The third kappa shape index (κ3) is 4.15. The van der Waals surface area contributed by atoms with Crippen molar-refractivity contribution in [3.05, 3.63) is 146 Å². The van der Waals surface area contributed by atoms with E-state index in [-0.39, 0.29) is 0 Å². The average molecular weight is 633 g/mol. The number of hydrogen-bond acceptors (Lipinski definition) is 6. The van der Waals surface area contributed by atoms with E-state index in [1.54, 1.807) is 11.3 Å². The lowest BCUT2D eigenvalue weighted by Crippen LogP contribution is -2.06. The fraction of sp³-hybridized carbons (Fsp3) is 0. The van der Waals surface area contributed by atoms with Gasteiger partial charge in [-0.25, -0.2) is 15.0 Å². The molecule has 0 aliphatic rings. The SMILES string of the molecule is c1ccc(-c2nc(-c3ccccc3)nc(-n3c4ccccc4c4ccc5c6ccc7nc(-c8ccccc8)ncc7c6sc5c43)n2)cc1. The Bertz CT molecular complexity index is 2770. The summed E-state index contributed by atoms with van der Waals surface area (Å²) in [5, 5.41) is 5.71. The highest BCUT2D eigenvalue weighted by Crippen LogP contribution is 2.44. The van der Waals surface area contributed by atoms with Gasteiger partial charge in [0.05, 0.1) is 21.3 Å². The predicted octanol–water partition coefficient (Wildman–Crippen LogP) is 10.3. The summed E-state index contributed by atoms with van der Waals surface area (Å²) in [6.45, 7) is 0. The fourth-order valence-electron chi connectivity index (χ4n) is 6.68. The second kappa shape index (κ2) is 10.6. The topological polar surface area (TPSA) is 69.4 Å². The molecule has 0 saturated carbocycles. The normalized spacial score (nSPS) is 11.8. The Kier molecular flexibility index (Phi) is 5.94. The van der Waals surface area contributed by atoms with Gasteiger partial charge in [-0.2, -0.15) is 9.97 Å². The molecule has 0 unspecified atom stereocenters. The number of nitrogens with zero attached hydrogens (tertiary/aromatic N) is 6. The van der Waals surface area contributed by atoms with Crippen LogP contribution < -0.4 is 0 Å². The number of rotatable bonds is 4. The minimum atomic E-state index is 0.583. The molecule has 4 heterocycles. The molecule has 0 aliphatic heterocycles. The van der Waals surface area contributed by atoms with E-state index < -0.39 is 0 Å². The highest BCUT2D eigenvalue weighted by atomic mass is 32.1. The lowest BCUT2D eigenvalue weighted by atomic mass is 10.1. The number of thiophene rings is 1. The first kappa shape index (κ1) is 26.9. The Hall–Kier alpha value is -6.31. The monoisotopic (exact) mass is 632 g/mol. The summed E-state index contributed by atoms with van der Waals surface area (Å²) in [6.07, 6.45) is 1.97. The first-order chi connectivity index (χ1) is 23.8. The molecule has 0 N–H and O–H groups in total. The molecule has 48 heavy (non-hydrogen) atoms. The average Bonchev–Trinajstić information content (AvgIpc) is 3.72. The fourth-order valence-corrected chi connectivity index (χ4v) is 8.02. The van der Waals surface area contributed by atoms with Crippen molar-refractivity contribution in [1.82, 2.24) is 29.5 Å². The lowest BCUT2D eigenvalue weighted by Gasteiger charge is -2.11. The van der Waals surface area contributed by atoms with Crippen LogP contribution in [0.1, 0.15) is 0 Å². The molecule has 224 valence electrons. The van der Waals surface area contributed by atoms with Gasteiger partial charge in [0.15, 0.2) is 17.5 Å². The summed E-state index contributed by atoms with van der Waals surface area (Å²) in [5.41, 5.74) is 5.93. The third-order valence-electron chi connectivity index (χ3n) is 8.92. The molecule has 6 aromatic carbocycles. The van der Waals surface area contributed by atoms with Gasteiger partial charge in [0.25, 0.3) is 0 Å². The second-order valence-electron chi connectivity index (χ2n) is 11.7. The van der Waals surface area contributed by atoms with Gasteiger partial charge in [-0.05, 0) is 12.1 Å². The maximum absolute atomic E-state index is 5.15. The summed E-state index contributed by atoms with van der Waals surface area (Å²) >= 11 is 1.78. The molecule has 4 aromatic heterocycles. The number of fused-ring (bicyclic) bond motifs is 9. The molecule has 6 nitrogen and oxygen atoms in total. The quantitative estimate of drug-likeness (QED) is 0.193. The minimum absolute atomic E-state index is 0.583. The zero-order valence-electron chi connectivity index (χ0n) is 25.4. The zero-order valence-corrected chi connectivity index (χ0v) is 26.3. The van der Waals surface area contributed by atoms with Crippen molar-refractivity contribution in [2.75, 3.05) is 0 Å². The summed E-state index contributed by atoms with van der Waals surface area (Å²) in [4.78, 5) is 25.0. The van der Waals surface area contributed by atoms with E-state index in [0.717, 1.165) is 59.9 Å². The van der Waals surface area contributed by atoms with Gasteiger partial charge in [0, 0.05) is 54.5 Å². The Labute approximate surface area is 278 Å².